The molecule has 0 aromatic rings. The summed E-state index contributed by atoms with van der Waals surface area (Å²) in [6, 6.07) is -0.543. The Bertz CT molecular complexity index is 1130. The lowest BCUT2D eigenvalue weighted by Crippen LogP contribution is -2.45. The summed E-state index contributed by atoms with van der Waals surface area (Å²) in [5.41, 5.74) is 0. The van der Waals surface area contributed by atoms with Crippen molar-refractivity contribution in [3.8, 4) is 0 Å². The topological polar surface area (TPSA) is 95.9 Å². The molecule has 0 radical (unpaired) electrons. The van der Waals surface area contributed by atoms with Crippen LogP contribution < -0.4 is 5.32 Å². The van der Waals surface area contributed by atoms with E-state index in [2.05, 4.69) is 55.6 Å². The molecule has 0 bridgehead atoms. The summed E-state index contributed by atoms with van der Waals surface area (Å²) < 4.78 is 5.50. The fourth-order valence-electron chi connectivity index (χ4n) is 9.61. The van der Waals surface area contributed by atoms with Crippen LogP contribution in [-0.4, -0.2) is 47.4 Å². The standard InChI is InChI=1S/C64H121NO5/c1-3-5-7-9-11-13-15-16-17-18-25-29-32-35-38-42-46-50-54-58-64(69)70-59-55-51-47-43-39-36-33-30-27-24-22-20-19-21-23-26-28-31-34-37-41-45-49-53-57-63(68)65-61(60-66)62(67)56-52-48-44-40-14-12-10-8-6-4-2/h11,13,16-17,21,23,61-62,66-67H,3-10,12,14-15,18-20,22,24-60H2,1-2H3,(H,65,68)/b13-11-,17-16-,23-21-. The molecule has 6 nitrogen and oxygen atoms in total. The van der Waals surface area contributed by atoms with Gasteiger partial charge in [0.1, 0.15) is 0 Å². The second-order valence-electron chi connectivity index (χ2n) is 21.4. The third kappa shape index (κ3) is 55.4. The molecular weight excluding hydrogens is 863 g/mol. The second kappa shape index (κ2) is 59.6. The molecule has 0 saturated carbocycles. The van der Waals surface area contributed by atoms with Gasteiger partial charge in [0.25, 0.3) is 0 Å². The van der Waals surface area contributed by atoms with Gasteiger partial charge in [-0.2, -0.15) is 0 Å². The maximum absolute atomic E-state index is 12.4. The number of unbranched alkanes of at least 4 members (excludes halogenated alkanes) is 41. The number of aliphatic hydroxyl groups excluding tert-OH is 2. The van der Waals surface area contributed by atoms with Gasteiger partial charge in [-0.15, -0.1) is 0 Å². The van der Waals surface area contributed by atoms with Crippen LogP contribution in [0, 0.1) is 0 Å². The first-order valence-corrected chi connectivity index (χ1v) is 31.2. The number of hydrogen-bond donors (Lipinski definition) is 3. The molecule has 1 amide bonds. The van der Waals surface area contributed by atoms with Crippen LogP contribution >= 0.6 is 0 Å². The van der Waals surface area contributed by atoms with Gasteiger partial charge in [0.2, 0.25) is 5.91 Å². The summed E-state index contributed by atoms with van der Waals surface area (Å²) in [4.78, 5) is 24.5. The monoisotopic (exact) mass is 984 g/mol. The molecule has 0 rings (SSSR count). The maximum Gasteiger partial charge on any atom is 0.305 e. The van der Waals surface area contributed by atoms with E-state index in [1.807, 2.05) is 0 Å². The van der Waals surface area contributed by atoms with Gasteiger partial charge in [-0.1, -0.05) is 275 Å². The smallest absolute Gasteiger partial charge is 0.305 e. The van der Waals surface area contributed by atoms with Crippen molar-refractivity contribution in [1.82, 2.24) is 5.32 Å². The molecule has 2 unspecified atom stereocenters. The lowest BCUT2D eigenvalue weighted by atomic mass is 10.0. The zero-order valence-corrected chi connectivity index (χ0v) is 47.0. The van der Waals surface area contributed by atoms with Gasteiger partial charge in [0, 0.05) is 12.8 Å². The molecule has 0 fully saturated rings. The maximum atomic E-state index is 12.4. The number of carbonyl (C=O) groups excluding carboxylic acids is 2. The minimum atomic E-state index is -0.665. The van der Waals surface area contributed by atoms with Gasteiger partial charge in [-0.25, -0.2) is 0 Å². The first-order chi connectivity index (χ1) is 34.5. The van der Waals surface area contributed by atoms with Crippen molar-refractivity contribution in [3.63, 3.8) is 0 Å². The van der Waals surface area contributed by atoms with E-state index in [0.29, 0.717) is 25.9 Å². The molecule has 0 aliphatic carbocycles. The highest BCUT2D eigenvalue weighted by Crippen LogP contribution is 2.17. The molecular formula is C64H121NO5. The summed E-state index contributed by atoms with van der Waals surface area (Å²) in [6.07, 6.45) is 74.5. The first kappa shape index (κ1) is 68.1. The fourth-order valence-corrected chi connectivity index (χ4v) is 9.61. The van der Waals surface area contributed by atoms with Crippen molar-refractivity contribution in [2.45, 2.75) is 347 Å². The van der Waals surface area contributed by atoms with Crippen LogP contribution in [-0.2, 0) is 14.3 Å². The van der Waals surface area contributed by atoms with Gasteiger partial charge in [-0.05, 0) is 83.5 Å². The minimum absolute atomic E-state index is 0.00871. The summed E-state index contributed by atoms with van der Waals surface area (Å²) >= 11 is 0. The van der Waals surface area contributed by atoms with Gasteiger partial charge < -0.3 is 20.3 Å². The predicted octanol–water partition coefficient (Wildman–Crippen LogP) is 19.6. The molecule has 0 spiro atoms. The quantitative estimate of drug-likeness (QED) is 0.0321. The Morgan fingerprint density at radius 3 is 1.13 bits per heavy atom. The normalized spacial score (nSPS) is 12.8. The van der Waals surface area contributed by atoms with Gasteiger partial charge in [0.05, 0.1) is 25.4 Å². The Hall–Kier alpha value is -1.92. The van der Waals surface area contributed by atoms with Gasteiger partial charge in [-0.3, -0.25) is 9.59 Å². The van der Waals surface area contributed by atoms with Crippen molar-refractivity contribution in [3.05, 3.63) is 36.5 Å². The number of carbonyl (C=O) groups is 2. The molecule has 0 aliphatic heterocycles. The number of esters is 1. The van der Waals surface area contributed by atoms with E-state index >= 15 is 0 Å². The number of allylic oxidation sites excluding steroid dienone is 6. The third-order valence-electron chi connectivity index (χ3n) is 14.4. The van der Waals surface area contributed by atoms with E-state index < -0.39 is 12.1 Å². The Morgan fingerprint density at radius 2 is 0.714 bits per heavy atom. The van der Waals surface area contributed by atoms with E-state index in [0.717, 1.165) is 51.4 Å². The molecule has 412 valence electrons. The molecule has 0 aromatic heterocycles. The SMILES string of the molecule is CCCCC/C=C\C/C=C\CCCCCCCCCCCC(=O)OCCCCCCCCCCCCCC/C=C\CCCCCCCCCCC(=O)NC(CO)C(O)CCCCCCCCCCCC. The molecule has 0 saturated heterocycles. The van der Waals surface area contributed by atoms with Crippen LogP contribution in [0.25, 0.3) is 0 Å². The lowest BCUT2D eigenvalue weighted by Gasteiger charge is -2.22. The van der Waals surface area contributed by atoms with Crippen LogP contribution in [0.3, 0.4) is 0 Å². The zero-order valence-electron chi connectivity index (χ0n) is 47.0. The highest BCUT2D eigenvalue weighted by atomic mass is 16.5. The summed E-state index contributed by atoms with van der Waals surface area (Å²) in [5.74, 6) is -0.0320. The number of hydrogen-bond acceptors (Lipinski definition) is 5. The number of aliphatic hydroxyl groups is 2. The highest BCUT2D eigenvalue weighted by Gasteiger charge is 2.20. The average Bonchev–Trinajstić information content (AvgIpc) is 3.36. The Balaban J connectivity index is 3.37. The molecule has 2 atom stereocenters. The van der Waals surface area contributed by atoms with E-state index in [4.69, 9.17) is 4.74 Å². The third-order valence-corrected chi connectivity index (χ3v) is 14.4. The minimum Gasteiger partial charge on any atom is -0.466 e. The van der Waals surface area contributed by atoms with Crippen molar-refractivity contribution in [2.24, 2.45) is 0 Å². The first-order valence-electron chi connectivity index (χ1n) is 31.2. The van der Waals surface area contributed by atoms with E-state index in [-0.39, 0.29) is 18.5 Å². The molecule has 0 heterocycles. The van der Waals surface area contributed by atoms with E-state index in [9.17, 15) is 19.8 Å². The molecule has 0 aromatic carbocycles. The second-order valence-corrected chi connectivity index (χ2v) is 21.4. The van der Waals surface area contributed by atoms with Crippen LogP contribution in [0.2, 0.25) is 0 Å². The van der Waals surface area contributed by atoms with E-state index in [1.54, 1.807) is 0 Å². The van der Waals surface area contributed by atoms with Crippen LogP contribution in [0.15, 0.2) is 36.5 Å². The molecule has 6 heteroatoms. The lowest BCUT2D eigenvalue weighted by molar-refractivity contribution is -0.143. The summed E-state index contributed by atoms with van der Waals surface area (Å²) in [5, 5.41) is 23.1. The highest BCUT2D eigenvalue weighted by molar-refractivity contribution is 5.76. The predicted molar refractivity (Wildman–Crippen MR) is 306 cm³/mol. The van der Waals surface area contributed by atoms with Crippen molar-refractivity contribution in [2.75, 3.05) is 13.2 Å². The summed E-state index contributed by atoms with van der Waals surface area (Å²) in [7, 11) is 0. The number of nitrogens with one attached hydrogen (secondary N) is 1. The van der Waals surface area contributed by atoms with Crippen molar-refractivity contribution < 1.29 is 24.5 Å². The van der Waals surface area contributed by atoms with Gasteiger partial charge in [0.15, 0.2) is 0 Å². The number of ether oxygens (including phenoxy) is 1. The fraction of sp³-hybridized carbons (Fsp3) is 0.875. The molecule has 70 heavy (non-hydrogen) atoms. The van der Waals surface area contributed by atoms with Crippen LogP contribution in [0.4, 0.5) is 0 Å². The van der Waals surface area contributed by atoms with Crippen LogP contribution in [0.1, 0.15) is 335 Å². The summed E-state index contributed by atoms with van der Waals surface area (Å²) in [6.45, 7) is 4.92. The van der Waals surface area contributed by atoms with Crippen molar-refractivity contribution >= 4 is 11.9 Å². The molecule has 0 aliphatic rings. The van der Waals surface area contributed by atoms with Crippen molar-refractivity contribution in [1.29, 1.82) is 0 Å². The number of rotatable bonds is 58. The van der Waals surface area contributed by atoms with Gasteiger partial charge >= 0.3 is 5.97 Å². The largest absolute Gasteiger partial charge is 0.466 e. The molecule has 3 N–H and O–H groups in total. The Kier molecular flexibility index (Phi) is 58.0. The zero-order chi connectivity index (χ0) is 50.7. The van der Waals surface area contributed by atoms with E-state index in [1.165, 1.54) is 250 Å². The average molecular weight is 985 g/mol. The Morgan fingerprint density at radius 1 is 0.400 bits per heavy atom. The number of amides is 1. The van der Waals surface area contributed by atoms with Crippen LogP contribution in [0.5, 0.6) is 0 Å². The Labute approximate surface area is 436 Å².